The summed E-state index contributed by atoms with van der Waals surface area (Å²) in [5.41, 5.74) is 1.51. The third-order valence-corrected chi connectivity index (χ3v) is 3.11. The van der Waals surface area contributed by atoms with Crippen molar-refractivity contribution < 1.29 is 19.7 Å². The molecule has 0 saturated heterocycles. The Labute approximate surface area is 106 Å². The fourth-order valence-corrected chi connectivity index (χ4v) is 2.32. The van der Waals surface area contributed by atoms with Gasteiger partial charge in [0.1, 0.15) is 11.4 Å². The number of fused-ring (bicyclic) bond motifs is 1. The Kier molecular flexibility index (Phi) is 3.30. The van der Waals surface area contributed by atoms with Crippen LogP contribution in [0.5, 0.6) is 5.75 Å². The van der Waals surface area contributed by atoms with Crippen molar-refractivity contribution in [1.82, 2.24) is 0 Å². The zero-order valence-electron chi connectivity index (χ0n) is 10.6. The van der Waals surface area contributed by atoms with Crippen LogP contribution in [0.2, 0.25) is 0 Å². The van der Waals surface area contributed by atoms with Crippen molar-refractivity contribution in [1.29, 1.82) is 0 Å². The highest BCUT2D eigenvalue weighted by molar-refractivity contribution is 5.66. The van der Waals surface area contributed by atoms with Gasteiger partial charge in [0, 0.05) is 18.4 Å². The highest BCUT2D eigenvalue weighted by Crippen LogP contribution is 2.40. The Bertz CT molecular complexity index is 465. The van der Waals surface area contributed by atoms with Gasteiger partial charge in [-0.1, -0.05) is 18.2 Å². The molecule has 1 aromatic carbocycles. The van der Waals surface area contributed by atoms with E-state index in [9.17, 15) is 9.90 Å². The summed E-state index contributed by atoms with van der Waals surface area (Å²) in [5.74, 6) is -0.178. The Morgan fingerprint density at radius 2 is 2.22 bits per heavy atom. The van der Waals surface area contributed by atoms with Crippen molar-refractivity contribution in [3.8, 4) is 5.75 Å². The number of aliphatic hydroxyl groups excluding tert-OH is 1. The molecule has 0 aromatic heterocycles. The number of carboxylic acid groups (broad SMARTS) is 1. The van der Waals surface area contributed by atoms with E-state index in [4.69, 9.17) is 9.84 Å². The van der Waals surface area contributed by atoms with Crippen LogP contribution in [0.15, 0.2) is 18.2 Å². The van der Waals surface area contributed by atoms with Crippen molar-refractivity contribution in [3.63, 3.8) is 0 Å². The van der Waals surface area contributed by atoms with E-state index in [1.54, 1.807) is 6.07 Å². The molecule has 2 rings (SSSR count). The molecular weight excluding hydrogens is 232 g/mol. The van der Waals surface area contributed by atoms with Crippen LogP contribution in [0.25, 0.3) is 0 Å². The number of aliphatic hydroxyl groups is 1. The number of carboxylic acids is 1. The maximum Gasteiger partial charge on any atom is 0.303 e. The molecular formula is C14H18O4. The highest BCUT2D eigenvalue weighted by atomic mass is 16.5. The molecule has 1 unspecified atom stereocenters. The van der Waals surface area contributed by atoms with E-state index < -0.39 is 12.1 Å². The van der Waals surface area contributed by atoms with Crippen LogP contribution >= 0.6 is 0 Å². The molecule has 0 fully saturated rings. The zero-order valence-corrected chi connectivity index (χ0v) is 10.6. The van der Waals surface area contributed by atoms with Gasteiger partial charge in [-0.15, -0.1) is 0 Å². The van der Waals surface area contributed by atoms with Crippen LogP contribution < -0.4 is 4.74 Å². The molecule has 0 amide bonds. The second-order valence-electron chi connectivity index (χ2n) is 5.32. The van der Waals surface area contributed by atoms with Crippen LogP contribution in [0.4, 0.5) is 0 Å². The van der Waals surface area contributed by atoms with Crippen molar-refractivity contribution in [3.05, 3.63) is 29.3 Å². The van der Waals surface area contributed by atoms with Crippen LogP contribution in [-0.2, 0) is 11.2 Å². The molecule has 0 bridgehead atoms. The number of ether oxygens (including phenoxy) is 1. The first-order valence-corrected chi connectivity index (χ1v) is 6.10. The average Bonchev–Trinajstić information content (AvgIpc) is 2.59. The number of benzene rings is 1. The van der Waals surface area contributed by atoms with Crippen molar-refractivity contribution in [2.75, 3.05) is 0 Å². The minimum atomic E-state index is -0.900. The van der Waals surface area contributed by atoms with Gasteiger partial charge < -0.3 is 14.9 Å². The summed E-state index contributed by atoms with van der Waals surface area (Å²) in [6.07, 6.45) is 0.177. The minimum Gasteiger partial charge on any atom is -0.487 e. The lowest BCUT2D eigenvalue weighted by molar-refractivity contribution is -0.137. The quantitative estimate of drug-likeness (QED) is 0.860. The summed E-state index contributed by atoms with van der Waals surface area (Å²) in [4.78, 5) is 10.5. The second-order valence-corrected chi connectivity index (χ2v) is 5.32. The number of para-hydroxylation sites is 1. The lowest BCUT2D eigenvalue weighted by Crippen LogP contribution is -2.25. The lowest BCUT2D eigenvalue weighted by Gasteiger charge is -2.19. The number of aliphatic carboxylic acids is 1. The molecule has 1 atom stereocenters. The van der Waals surface area contributed by atoms with Gasteiger partial charge in [0.05, 0.1) is 6.10 Å². The largest absolute Gasteiger partial charge is 0.487 e. The van der Waals surface area contributed by atoms with E-state index in [0.29, 0.717) is 5.56 Å². The van der Waals surface area contributed by atoms with E-state index in [1.165, 1.54) is 0 Å². The minimum absolute atomic E-state index is 0.0474. The van der Waals surface area contributed by atoms with E-state index >= 15 is 0 Å². The molecule has 98 valence electrons. The van der Waals surface area contributed by atoms with E-state index in [-0.39, 0.29) is 18.4 Å². The topological polar surface area (TPSA) is 66.8 Å². The zero-order chi connectivity index (χ0) is 13.3. The average molecular weight is 250 g/mol. The number of carbonyl (C=O) groups is 1. The molecule has 0 spiro atoms. The summed E-state index contributed by atoms with van der Waals surface area (Å²) in [6, 6.07) is 5.66. The predicted octanol–water partition coefficient (Wildman–Crippen LogP) is 2.30. The third-order valence-electron chi connectivity index (χ3n) is 3.11. The van der Waals surface area contributed by atoms with E-state index in [0.717, 1.165) is 17.7 Å². The van der Waals surface area contributed by atoms with Crippen molar-refractivity contribution in [2.24, 2.45) is 0 Å². The number of rotatable bonds is 4. The molecule has 18 heavy (non-hydrogen) atoms. The van der Waals surface area contributed by atoms with Crippen LogP contribution in [0, 0.1) is 0 Å². The van der Waals surface area contributed by atoms with Gasteiger partial charge >= 0.3 is 5.97 Å². The maximum atomic E-state index is 10.5. The Hall–Kier alpha value is -1.55. The standard InChI is InChI=1S/C14H18O4/c1-14(2)8-9-4-3-5-10(13(9)18-14)11(15)6-7-12(16)17/h3-5,11,15H,6-8H2,1-2H3,(H,16,17). The summed E-state index contributed by atoms with van der Waals surface area (Å²) >= 11 is 0. The Morgan fingerprint density at radius 3 is 2.89 bits per heavy atom. The van der Waals surface area contributed by atoms with Crippen LogP contribution in [0.1, 0.15) is 43.9 Å². The van der Waals surface area contributed by atoms with Gasteiger partial charge in [-0.2, -0.15) is 0 Å². The second kappa shape index (κ2) is 4.61. The first kappa shape index (κ1) is 12.9. The van der Waals surface area contributed by atoms with Crippen LogP contribution in [0.3, 0.4) is 0 Å². The van der Waals surface area contributed by atoms with Gasteiger partial charge in [0.15, 0.2) is 0 Å². The monoisotopic (exact) mass is 250 g/mol. The van der Waals surface area contributed by atoms with Gasteiger partial charge in [0.2, 0.25) is 0 Å². The fraction of sp³-hybridized carbons (Fsp3) is 0.500. The van der Waals surface area contributed by atoms with Crippen LogP contribution in [-0.4, -0.2) is 21.8 Å². The molecule has 1 aliphatic heterocycles. The van der Waals surface area contributed by atoms with Gasteiger partial charge in [-0.05, 0) is 25.8 Å². The molecule has 0 radical (unpaired) electrons. The van der Waals surface area contributed by atoms with E-state index in [1.807, 2.05) is 26.0 Å². The summed E-state index contributed by atoms with van der Waals surface area (Å²) < 4.78 is 5.85. The third kappa shape index (κ3) is 2.64. The van der Waals surface area contributed by atoms with Crippen molar-refractivity contribution in [2.45, 2.75) is 44.8 Å². The molecule has 0 aliphatic carbocycles. The number of hydrogen-bond acceptors (Lipinski definition) is 3. The molecule has 0 saturated carbocycles. The van der Waals surface area contributed by atoms with Gasteiger partial charge in [0.25, 0.3) is 0 Å². The number of hydrogen-bond donors (Lipinski definition) is 2. The molecule has 1 aliphatic rings. The fourth-order valence-electron chi connectivity index (χ4n) is 2.32. The Morgan fingerprint density at radius 1 is 1.50 bits per heavy atom. The highest BCUT2D eigenvalue weighted by Gasteiger charge is 2.32. The molecule has 2 N–H and O–H groups in total. The summed E-state index contributed by atoms with van der Waals surface area (Å²) in [5, 5.41) is 18.7. The normalized spacial score (nSPS) is 17.9. The molecule has 1 heterocycles. The lowest BCUT2D eigenvalue weighted by atomic mass is 9.98. The van der Waals surface area contributed by atoms with E-state index in [2.05, 4.69) is 0 Å². The van der Waals surface area contributed by atoms with Gasteiger partial charge in [-0.3, -0.25) is 4.79 Å². The summed E-state index contributed by atoms with van der Waals surface area (Å²) in [6.45, 7) is 4.00. The molecule has 4 nitrogen and oxygen atoms in total. The molecule has 4 heteroatoms. The van der Waals surface area contributed by atoms with Crippen molar-refractivity contribution >= 4 is 5.97 Å². The SMILES string of the molecule is CC1(C)Cc2cccc(C(O)CCC(=O)O)c2O1. The first-order chi connectivity index (χ1) is 8.39. The Balaban J connectivity index is 2.21. The van der Waals surface area contributed by atoms with Gasteiger partial charge in [-0.25, -0.2) is 0 Å². The first-order valence-electron chi connectivity index (χ1n) is 6.10. The predicted molar refractivity (Wildman–Crippen MR) is 66.7 cm³/mol. The maximum absolute atomic E-state index is 10.5. The molecule has 1 aromatic rings. The summed E-state index contributed by atoms with van der Waals surface area (Å²) in [7, 11) is 0. The smallest absolute Gasteiger partial charge is 0.303 e.